The van der Waals surface area contributed by atoms with Crippen molar-refractivity contribution in [3.05, 3.63) is 66.1 Å². The molecule has 132 valence electrons. The molecule has 1 aromatic carbocycles. The molecule has 7 nitrogen and oxygen atoms in total. The summed E-state index contributed by atoms with van der Waals surface area (Å²) >= 11 is 0. The average Bonchev–Trinajstić information content (AvgIpc) is 2.65. The topological polar surface area (TPSA) is 103 Å². The van der Waals surface area contributed by atoms with E-state index in [2.05, 4.69) is 20.3 Å². The van der Waals surface area contributed by atoms with Crippen molar-refractivity contribution < 1.29 is 9.53 Å². The van der Waals surface area contributed by atoms with Crippen molar-refractivity contribution in [1.29, 1.82) is 0 Å². The van der Waals surface area contributed by atoms with E-state index in [0.29, 0.717) is 18.1 Å². The highest BCUT2D eigenvalue weighted by atomic mass is 16.5. The minimum atomic E-state index is -0.507. The Morgan fingerprint density at radius 2 is 2.08 bits per heavy atom. The third-order valence-electron chi connectivity index (χ3n) is 3.53. The van der Waals surface area contributed by atoms with Gasteiger partial charge < -0.3 is 15.8 Å². The second-order valence-corrected chi connectivity index (χ2v) is 5.72. The third-order valence-corrected chi connectivity index (χ3v) is 3.53. The summed E-state index contributed by atoms with van der Waals surface area (Å²) in [6.07, 6.45) is 3.45. The first-order valence-electron chi connectivity index (χ1n) is 8.10. The van der Waals surface area contributed by atoms with Crippen LogP contribution in [0, 0.1) is 6.92 Å². The lowest BCUT2D eigenvalue weighted by molar-refractivity contribution is -0.119. The van der Waals surface area contributed by atoms with Crippen LogP contribution in [0.4, 0.5) is 5.82 Å². The zero-order valence-corrected chi connectivity index (χ0v) is 14.3. The number of aryl methyl sites for hydroxylation is 1. The molecule has 1 amide bonds. The van der Waals surface area contributed by atoms with Gasteiger partial charge in [0.25, 0.3) is 5.91 Å². The molecule has 3 aromatic rings. The predicted molar refractivity (Wildman–Crippen MR) is 98.5 cm³/mol. The molecule has 0 aliphatic rings. The number of nitrogens with two attached hydrogens (primary N) is 1. The number of anilines is 1. The first-order valence-corrected chi connectivity index (χ1v) is 8.10. The molecule has 0 bridgehead atoms. The predicted octanol–water partition coefficient (Wildman–Crippen LogP) is 2.32. The van der Waals surface area contributed by atoms with Gasteiger partial charge in [-0.1, -0.05) is 12.1 Å². The molecule has 26 heavy (non-hydrogen) atoms. The number of carbonyl (C=O) groups is 1. The van der Waals surface area contributed by atoms with Crippen LogP contribution in [0.5, 0.6) is 5.75 Å². The summed E-state index contributed by atoms with van der Waals surface area (Å²) in [7, 11) is 0. The van der Waals surface area contributed by atoms with Crippen LogP contribution in [-0.2, 0) is 11.3 Å². The number of nitrogens with one attached hydrogen (secondary N) is 1. The summed E-state index contributed by atoms with van der Waals surface area (Å²) < 4.78 is 5.32. The fourth-order valence-corrected chi connectivity index (χ4v) is 2.38. The first kappa shape index (κ1) is 17.3. The van der Waals surface area contributed by atoms with Gasteiger partial charge in [0.05, 0.1) is 0 Å². The molecule has 2 heterocycles. The van der Waals surface area contributed by atoms with E-state index in [4.69, 9.17) is 10.5 Å². The van der Waals surface area contributed by atoms with E-state index in [9.17, 15) is 4.79 Å². The lowest BCUT2D eigenvalue weighted by Gasteiger charge is -2.10. The normalized spacial score (nSPS) is 10.3. The van der Waals surface area contributed by atoms with Gasteiger partial charge in [0.2, 0.25) is 0 Å². The van der Waals surface area contributed by atoms with Crippen LogP contribution < -0.4 is 15.8 Å². The van der Waals surface area contributed by atoms with Crippen LogP contribution in [0.25, 0.3) is 11.4 Å². The van der Waals surface area contributed by atoms with E-state index < -0.39 is 5.91 Å². The molecule has 0 saturated carbocycles. The molecule has 3 rings (SSSR count). The van der Waals surface area contributed by atoms with Gasteiger partial charge in [0.15, 0.2) is 12.4 Å². The number of rotatable bonds is 7. The standard InChI is InChI=1S/C19H19N5O2/c1-13-8-18(24-19(23-13)15-5-3-7-21-11-15)22-10-14-4-2-6-16(9-14)26-12-17(20)25/h2-9,11H,10,12H2,1H3,(H2,20,25)(H,22,23,24). The Kier molecular flexibility index (Phi) is 5.38. The number of carbonyl (C=O) groups excluding carboxylic acids is 1. The van der Waals surface area contributed by atoms with Crippen LogP contribution in [0.15, 0.2) is 54.9 Å². The largest absolute Gasteiger partial charge is 0.484 e. The molecular weight excluding hydrogens is 330 g/mol. The Morgan fingerprint density at radius 1 is 1.19 bits per heavy atom. The molecule has 7 heteroatoms. The van der Waals surface area contributed by atoms with Crippen molar-refractivity contribution in [2.75, 3.05) is 11.9 Å². The monoisotopic (exact) mass is 349 g/mol. The minimum Gasteiger partial charge on any atom is -0.484 e. The number of hydrogen-bond donors (Lipinski definition) is 2. The van der Waals surface area contributed by atoms with Gasteiger partial charge in [-0.05, 0) is 36.8 Å². The molecule has 0 unspecified atom stereocenters. The zero-order chi connectivity index (χ0) is 18.4. The van der Waals surface area contributed by atoms with Crippen LogP contribution in [-0.4, -0.2) is 27.5 Å². The molecule has 0 spiro atoms. The molecule has 0 atom stereocenters. The zero-order valence-electron chi connectivity index (χ0n) is 14.3. The molecule has 0 radical (unpaired) electrons. The Hall–Kier alpha value is -3.48. The molecule has 3 N–H and O–H groups in total. The van der Waals surface area contributed by atoms with Gasteiger partial charge in [-0.2, -0.15) is 0 Å². The van der Waals surface area contributed by atoms with E-state index >= 15 is 0 Å². The molecule has 0 fully saturated rings. The Morgan fingerprint density at radius 3 is 2.85 bits per heavy atom. The summed E-state index contributed by atoms with van der Waals surface area (Å²) in [6.45, 7) is 2.33. The van der Waals surface area contributed by atoms with Crippen molar-refractivity contribution in [2.45, 2.75) is 13.5 Å². The summed E-state index contributed by atoms with van der Waals surface area (Å²) in [5.41, 5.74) is 7.81. The maximum Gasteiger partial charge on any atom is 0.255 e. The van der Waals surface area contributed by atoms with Crippen molar-refractivity contribution in [3.8, 4) is 17.1 Å². The van der Waals surface area contributed by atoms with Crippen LogP contribution in [0.1, 0.15) is 11.3 Å². The highest BCUT2D eigenvalue weighted by Crippen LogP contribution is 2.18. The summed E-state index contributed by atoms with van der Waals surface area (Å²) in [4.78, 5) is 23.9. The Balaban J connectivity index is 1.71. The number of aromatic nitrogens is 3. The van der Waals surface area contributed by atoms with Gasteiger partial charge in [-0.15, -0.1) is 0 Å². The van der Waals surface area contributed by atoms with Crippen molar-refractivity contribution in [1.82, 2.24) is 15.0 Å². The molecule has 0 aliphatic carbocycles. The molecule has 0 saturated heterocycles. The highest BCUT2D eigenvalue weighted by Gasteiger charge is 2.06. The van der Waals surface area contributed by atoms with Crippen LogP contribution in [0.3, 0.4) is 0 Å². The summed E-state index contributed by atoms with van der Waals surface area (Å²) in [6, 6.07) is 13.1. The smallest absolute Gasteiger partial charge is 0.255 e. The van der Waals surface area contributed by atoms with Crippen molar-refractivity contribution in [2.24, 2.45) is 5.73 Å². The van der Waals surface area contributed by atoms with E-state index in [1.807, 2.05) is 43.3 Å². The molecule has 2 aromatic heterocycles. The minimum absolute atomic E-state index is 0.142. The summed E-state index contributed by atoms with van der Waals surface area (Å²) in [5.74, 6) is 1.44. The van der Waals surface area contributed by atoms with Gasteiger partial charge in [0.1, 0.15) is 11.6 Å². The number of hydrogen-bond acceptors (Lipinski definition) is 6. The first-order chi connectivity index (χ1) is 12.6. The fraction of sp³-hybridized carbons (Fsp3) is 0.158. The van der Waals surface area contributed by atoms with Crippen molar-refractivity contribution >= 4 is 11.7 Å². The second-order valence-electron chi connectivity index (χ2n) is 5.72. The summed E-state index contributed by atoms with van der Waals surface area (Å²) in [5, 5.41) is 3.29. The lowest BCUT2D eigenvalue weighted by atomic mass is 10.2. The number of pyridine rings is 1. The number of amides is 1. The van der Waals surface area contributed by atoms with Gasteiger partial charge in [0, 0.05) is 36.3 Å². The number of benzene rings is 1. The second kappa shape index (κ2) is 8.06. The third kappa shape index (κ3) is 4.76. The molecule has 0 aliphatic heterocycles. The van der Waals surface area contributed by atoms with E-state index in [1.54, 1.807) is 18.5 Å². The number of ether oxygens (including phenoxy) is 1. The van der Waals surface area contributed by atoms with E-state index in [0.717, 1.165) is 22.6 Å². The van der Waals surface area contributed by atoms with E-state index in [-0.39, 0.29) is 6.61 Å². The van der Waals surface area contributed by atoms with Gasteiger partial charge in [-0.3, -0.25) is 9.78 Å². The SMILES string of the molecule is Cc1cc(NCc2cccc(OCC(N)=O)c2)nc(-c2cccnc2)n1. The van der Waals surface area contributed by atoms with Crippen LogP contribution in [0.2, 0.25) is 0 Å². The lowest BCUT2D eigenvalue weighted by Crippen LogP contribution is -2.20. The molecular formula is C19H19N5O2. The van der Waals surface area contributed by atoms with E-state index in [1.165, 1.54) is 0 Å². The average molecular weight is 349 g/mol. The van der Waals surface area contributed by atoms with Crippen LogP contribution >= 0.6 is 0 Å². The quantitative estimate of drug-likeness (QED) is 0.678. The van der Waals surface area contributed by atoms with Crippen molar-refractivity contribution in [3.63, 3.8) is 0 Å². The highest BCUT2D eigenvalue weighted by molar-refractivity contribution is 5.75. The Bertz CT molecular complexity index is 899. The fourth-order valence-electron chi connectivity index (χ4n) is 2.38. The van der Waals surface area contributed by atoms with Gasteiger partial charge >= 0.3 is 0 Å². The Labute approximate surface area is 151 Å². The number of nitrogens with zero attached hydrogens (tertiary/aromatic N) is 3. The van der Waals surface area contributed by atoms with Gasteiger partial charge in [-0.25, -0.2) is 9.97 Å². The maximum absolute atomic E-state index is 10.8. The maximum atomic E-state index is 10.8. The number of primary amides is 1.